The molecular formula is C27H23N3O3. The predicted octanol–water partition coefficient (Wildman–Crippen LogP) is 5.07. The zero-order valence-electron chi connectivity index (χ0n) is 18.2. The molecule has 5 aromatic rings. The van der Waals surface area contributed by atoms with Crippen molar-refractivity contribution in [2.45, 2.75) is 0 Å². The Hall–Kier alpha value is -4.16. The summed E-state index contributed by atoms with van der Waals surface area (Å²) in [6.45, 7) is 0.994. The van der Waals surface area contributed by atoms with Crippen LogP contribution in [0.4, 0.5) is 0 Å². The van der Waals surface area contributed by atoms with Crippen LogP contribution in [0.3, 0.4) is 0 Å². The van der Waals surface area contributed by atoms with Gasteiger partial charge in [-0.15, -0.1) is 0 Å². The second-order valence-electron chi connectivity index (χ2n) is 7.56. The number of para-hydroxylation sites is 1. The lowest BCUT2D eigenvalue weighted by Gasteiger charge is -2.13. The lowest BCUT2D eigenvalue weighted by atomic mass is 9.99. The first kappa shape index (κ1) is 20.7. The van der Waals surface area contributed by atoms with Gasteiger partial charge in [-0.25, -0.2) is 4.98 Å². The smallest absolute Gasteiger partial charge is 0.260 e. The number of rotatable bonds is 7. The van der Waals surface area contributed by atoms with Crippen molar-refractivity contribution in [3.63, 3.8) is 0 Å². The molecule has 164 valence electrons. The molecule has 2 heterocycles. The summed E-state index contributed by atoms with van der Waals surface area (Å²) in [6, 6.07) is 27.8. The fourth-order valence-electron chi connectivity index (χ4n) is 4.06. The highest BCUT2D eigenvalue weighted by atomic mass is 16.5. The van der Waals surface area contributed by atoms with Crippen LogP contribution >= 0.6 is 0 Å². The summed E-state index contributed by atoms with van der Waals surface area (Å²) in [4.78, 5) is 20.4. The van der Waals surface area contributed by atoms with E-state index in [9.17, 15) is 4.79 Å². The third-order valence-corrected chi connectivity index (χ3v) is 5.52. The Balaban J connectivity index is 1.79. The topological polar surface area (TPSA) is 69.1 Å². The van der Waals surface area contributed by atoms with E-state index < -0.39 is 0 Å². The molecule has 0 bridgehead atoms. The quantitative estimate of drug-likeness (QED) is 0.361. The van der Waals surface area contributed by atoms with Gasteiger partial charge in [-0.3, -0.25) is 9.36 Å². The molecule has 3 aromatic carbocycles. The Kier molecular flexibility index (Phi) is 5.74. The second kappa shape index (κ2) is 9.14. The van der Waals surface area contributed by atoms with Crippen molar-refractivity contribution in [1.29, 1.82) is 0 Å². The van der Waals surface area contributed by atoms with Crippen LogP contribution in [0.2, 0.25) is 0 Å². The summed E-state index contributed by atoms with van der Waals surface area (Å²) in [7, 11) is 1.64. The van der Waals surface area contributed by atoms with Gasteiger partial charge in [0.1, 0.15) is 12.4 Å². The average Bonchev–Trinajstić information content (AvgIpc) is 3.22. The molecule has 0 saturated carbocycles. The van der Waals surface area contributed by atoms with Crippen LogP contribution in [0.1, 0.15) is 0 Å². The summed E-state index contributed by atoms with van der Waals surface area (Å²) in [5, 5.41) is 0.549. The van der Waals surface area contributed by atoms with E-state index in [2.05, 4.69) is 14.5 Å². The maximum atomic E-state index is 13.1. The maximum Gasteiger partial charge on any atom is 0.260 e. The van der Waals surface area contributed by atoms with Crippen molar-refractivity contribution in [2.24, 2.45) is 0 Å². The standard InChI is InChI=1S/C27H23N3O3/c1-32-16-17-33-22-14-12-19(13-15-22)23-24-26(28-18-29-27(24)31)30(21-10-6-3-7-11-21)25(23)20-8-4-2-5-9-20/h2-15,18H,16-17H2,1H3,(H,28,29,31). The molecule has 0 aliphatic heterocycles. The summed E-state index contributed by atoms with van der Waals surface area (Å²) in [6.07, 6.45) is 1.45. The predicted molar refractivity (Wildman–Crippen MR) is 130 cm³/mol. The van der Waals surface area contributed by atoms with Crippen molar-refractivity contribution in [2.75, 3.05) is 20.3 Å². The van der Waals surface area contributed by atoms with Crippen LogP contribution in [0.5, 0.6) is 5.75 Å². The average molecular weight is 437 g/mol. The van der Waals surface area contributed by atoms with E-state index in [1.54, 1.807) is 7.11 Å². The fourth-order valence-corrected chi connectivity index (χ4v) is 4.06. The summed E-state index contributed by atoms with van der Waals surface area (Å²) >= 11 is 0. The number of H-pyrrole nitrogens is 1. The molecular weight excluding hydrogens is 414 g/mol. The zero-order chi connectivity index (χ0) is 22.6. The number of hydrogen-bond acceptors (Lipinski definition) is 4. The Morgan fingerprint density at radius 1 is 0.848 bits per heavy atom. The minimum atomic E-state index is -0.178. The number of benzene rings is 3. The molecule has 0 unspecified atom stereocenters. The van der Waals surface area contributed by atoms with Crippen LogP contribution < -0.4 is 10.3 Å². The molecule has 0 amide bonds. The van der Waals surface area contributed by atoms with Crippen molar-refractivity contribution >= 4 is 11.0 Å². The SMILES string of the molecule is COCCOc1ccc(-c2c(-c3ccccc3)n(-c3ccccc3)c3nc[nH]c(=O)c23)cc1. The summed E-state index contributed by atoms with van der Waals surface area (Å²) in [5.74, 6) is 0.746. The van der Waals surface area contributed by atoms with Gasteiger partial charge in [0.2, 0.25) is 0 Å². The molecule has 1 N–H and O–H groups in total. The molecule has 0 spiro atoms. The highest BCUT2D eigenvalue weighted by Crippen LogP contribution is 2.41. The number of methoxy groups -OCH3 is 1. The van der Waals surface area contributed by atoms with Gasteiger partial charge in [0.05, 0.1) is 24.0 Å². The first-order chi connectivity index (χ1) is 16.3. The van der Waals surface area contributed by atoms with E-state index in [1.165, 1.54) is 6.33 Å². The van der Waals surface area contributed by atoms with Gasteiger partial charge in [-0.05, 0) is 35.4 Å². The first-order valence-electron chi connectivity index (χ1n) is 10.7. The number of nitrogens with zero attached hydrogens (tertiary/aromatic N) is 2. The molecule has 0 aliphatic carbocycles. The Morgan fingerprint density at radius 3 is 2.24 bits per heavy atom. The van der Waals surface area contributed by atoms with E-state index in [-0.39, 0.29) is 5.56 Å². The van der Waals surface area contributed by atoms with Crippen LogP contribution in [0.15, 0.2) is 96.1 Å². The molecule has 0 fully saturated rings. The second-order valence-corrected chi connectivity index (χ2v) is 7.56. The number of aromatic nitrogens is 3. The highest BCUT2D eigenvalue weighted by molar-refractivity contribution is 6.03. The van der Waals surface area contributed by atoms with Crippen LogP contribution in [-0.4, -0.2) is 34.9 Å². The summed E-state index contributed by atoms with van der Waals surface area (Å²) < 4.78 is 12.8. The highest BCUT2D eigenvalue weighted by Gasteiger charge is 2.24. The number of ether oxygens (including phenoxy) is 2. The monoisotopic (exact) mass is 437 g/mol. The molecule has 2 aromatic heterocycles. The van der Waals surface area contributed by atoms with Gasteiger partial charge < -0.3 is 14.5 Å². The van der Waals surface area contributed by atoms with Crippen LogP contribution in [0.25, 0.3) is 39.1 Å². The molecule has 5 rings (SSSR count). The minimum Gasteiger partial charge on any atom is -0.491 e. The van der Waals surface area contributed by atoms with Crippen LogP contribution in [-0.2, 0) is 4.74 Å². The molecule has 6 nitrogen and oxygen atoms in total. The van der Waals surface area contributed by atoms with E-state index in [4.69, 9.17) is 9.47 Å². The lowest BCUT2D eigenvalue weighted by molar-refractivity contribution is 0.146. The largest absolute Gasteiger partial charge is 0.491 e. The molecule has 0 aliphatic rings. The Bertz CT molecular complexity index is 1420. The maximum absolute atomic E-state index is 13.1. The van der Waals surface area contributed by atoms with Gasteiger partial charge in [-0.2, -0.15) is 0 Å². The van der Waals surface area contributed by atoms with Crippen molar-refractivity contribution in [1.82, 2.24) is 14.5 Å². The van der Waals surface area contributed by atoms with E-state index in [1.807, 2.05) is 84.9 Å². The lowest BCUT2D eigenvalue weighted by Crippen LogP contribution is -2.07. The number of fused-ring (bicyclic) bond motifs is 1. The molecule has 33 heavy (non-hydrogen) atoms. The Morgan fingerprint density at radius 2 is 1.55 bits per heavy atom. The first-order valence-corrected chi connectivity index (χ1v) is 10.7. The molecule has 6 heteroatoms. The fraction of sp³-hybridized carbons (Fsp3) is 0.111. The Labute approximate surface area is 191 Å². The van der Waals surface area contributed by atoms with Gasteiger partial charge in [0, 0.05) is 18.4 Å². The third-order valence-electron chi connectivity index (χ3n) is 5.52. The minimum absolute atomic E-state index is 0.178. The van der Waals surface area contributed by atoms with Gasteiger partial charge in [-0.1, -0.05) is 60.7 Å². The van der Waals surface area contributed by atoms with Crippen LogP contribution in [0, 0.1) is 0 Å². The number of aromatic amines is 1. The third kappa shape index (κ3) is 3.92. The normalized spacial score (nSPS) is 11.1. The molecule has 0 saturated heterocycles. The van der Waals surface area contributed by atoms with Crippen molar-refractivity contribution in [3.05, 3.63) is 102 Å². The van der Waals surface area contributed by atoms with Gasteiger partial charge in [0.25, 0.3) is 5.56 Å². The number of hydrogen-bond donors (Lipinski definition) is 1. The van der Waals surface area contributed by atoms with Gasteiger partial charge >= 0.3 is 0 Å². The summed E-state index contributed by atoms with van der Waals surface area (Å²) in [5.41, 5.74) is 5.01. The zero-order valence-corrected chi connectivity index (χ0v) is 18.2. The number of nitrogens with one attached hydrogen (secondary N) is 1. The van der Waals surface area contributed by atoms with Crippen molar-refractivity contribution in [3.8, 4) is 33.8 Å². The van der Waals surface area contributed by atoms with E-state index >= 15 is 0 Å². The molecule has 0 radical (unpaired) electrons. The molecule has 0 atom stereocenters. The van der Waals surface area contributed by atoms with Gasteiger partial charge in [0.15, 0.2) is 5.65 Å². The van der Waals surface area contributed by atoms with E-state index in [0.29, 0.717) is 24.2 Å². The van der Waals surface area contributed by atoms with Crippen molar-refractivity contribution < 1.29 is 9.47 Å². The van der Waals surface area contributed by atoms with E-state index in [0.717, 1.165) is 33.8 Å².